The summed E-state index contributed by atoms with van der Waals surface area (Å²) in [7, 11) is 0. The van der Waals surface area contributed by atoms with Crippen LogP contribution in [0, 0.1) is 0 Å². The van der Waals surface area contributed by atoms with Crippen molar-refractivity contribution in [3.63, 3.8) is 0 Å². The van der Waals surface area contributed by atoms with Gasteiger partial charge in [-0.1, -0.05) is 0 Å². The van der Waals surface area contributed by atoms with Crippen LogP contribution in [0.2, 0.25) is 0 Å². The molecule has 0 atom stereocenters. The standard InChI is InChI=1S/C5H2F8O2.H3N/c6-1(7)3(8,9)5(12,13)4(10,11)2(14)15;/h1H,(H,14,15);1H3/p+1. The Balaban J connectivity index is 0. The molecule has 0 aliphatic carbocycles. The Morgan fingerprint density at radius 1 is 1.00 bits per heavy atom. The zero-order valence-corrected chi connectivity index (χ0v) is 7.46. The van der Waals surface area contributed by atoms with Crippen LogP contribution in [-0.4, -0.2) is 35.3 Å². The first-order valence-corrected chi connectivity index (χ1v) is 3.04. The third kappa shape index (κ3) is 2.18. The maximum Gasteiger partial charge on any atom is 0.410 e. The molecule has 98 valence electrons. The summed E-state index contributed by atoms with van der Waals surface area (Å²) < 4.78 is 94.8. The third-order valence-corrected chi connectivity index (χ3v) is 1.36. The van der Waals surface area contributed by atoms with Crippen LogP contribution >= 0.6 is 0 Å². The molecule has 0 amide bonds. The molecule has 0 saturated carbocycles. The number of halogens is 8. The molecule has 0 unspecified atom stereocenters. The van der Waals surface area contributed by atoms with Gasteiger partial charge in [0, 0.05) is 0 Å². The van der Waals surface area contributed by atoms with Gasteiger partial charge in [-0.05, 0) is 0 Å². The molecule has 0 aliphatic heterocycles. The van der Waals surface area contributed by atoms with Gasteiger partial charge in [0.05, 0.1) is 0 Å². The summed E-state index contributed by atoms with van der Waals surface area (Å²) in [4.78, 5) is 9.53. The van der Waals surface area contributed by atoms with E-state index in [0.29, 0.717) is 0 Å². The van der Waals surface area contributed by atoms with Crippen LogP contribution < -0.4 is 6.15 Å². The van der Waals surface area contributed by atoms with Crippen molar-refractivity contribution in [2.24, 2.45) is 0 Å². The Morgan fingerprint density at radius 3 is 1.50 bits per heavy atom. The lowest BCUT2D eigenvalue weighted by molar-refractivity contribution is -0.331. The van der Waals surface area contributed by atoms with E-state index in [2.05, 4.69) is 0 Å². The van der Waals surface area contributed by atoms with Gasteiger partial charge in [-0.3, -0.25) is 0 Å². The van der Waals surface area contributed by atoms with Gasteiger partial charge in [-0.25, -0.2) is 13.6 Å². The van der Waals surface area contributed by atoms with Crippen molar-refractivity contribution in [3.8, 4) is 0 Å². The maximum atomic E-state index is 12.1. The second kappa shape index (κ2) is 4.39. The van der Waals surface area contributed by atoms with Crippen molar-refractivity contribution in [2.75, 3.05) is 0 Å². The molecule has 0 heterocycles. The fourth-order valence-corrected chi connectivity index (χ4v) is 0.481. The minimum Gasteiger partial charge on any atom is -0.477 e. The smallest absolute Gasteiger partial charge is 0.410 e. The highest BCUT2D eigenvalue weighted by Gasteiger charge is 2.78. The average molecular weight is 264 g/mol. The normalized spacial score (nSPS) is 13.6. The van der Waals surface area contributed by atoms with E-state index in [4.69, 9.17) is 5.11 Å². The van der Waals surface area contributed by atoms with Gasteiger partial charge in [-0.2, -0.15) is 26.3 Å². The van der Waals surface area contributed by atoms with E-state index in [1.807, 2.05) is 0 Å². The summed E-state index contributed by atoms with van der Waals surface area (Å²) in [6.45, 7) is 0. The Labute approximate surface area is 82.6 Å². The number of alkyl halides is 8. The Bertz CT molecular complexity index is 265. The van der Waals surface area contributed by atoms with E-state index in [1.54, 1.807) is 0 Å². The predicted molar refractivity (Wildman–Crippen MR) is 34.5 cm³/mol. The summed E-state index contributed by atoms with van der Waals surface area (Å²) in [5, 5.41) is 7.51. The van der Waals surface area contributed by atoms with Crippen LogP contribution in [0.3, 0.4) is 0 Å². The number of quaternary nitrogens is 1. The highest BCUT2D eigenvalue weighted by atomic mass is 19.4. The average Bonchev–Trinajstić information content (AvgIpc) is 2.02. The van der Waals surface area contributed by atoms with E-state index in [1.165, 1.54) is 0 Å². The fraction of sp³-hybridized carbons (Fsp3) is 0.800. The van der Waals surface area contributed by atoms with Crippen molar-refractivity contribution < 1.29 is 45.0 Å². The zero-order valence-electron chi connectivity index (χ0n) is 7.46. The third-order valence-electron chi connectivity index (χ3n) is 1.36. The first kappa shape index (κ1) is 17.3. The van der Waals surface area contributed by atoms with Gasteiger partial charge in [0.15, 0.2) is 0 Å². The number of aliphatic carboxylic acids is 1. The van der Waals surface area contributed by atoms with Gasteiger partial charge >= 0.3 is 30.2 Å². The number of hydrogen-bond acceptors (Lipinski definition) is 1. The van der Waals surface area contributed by atoms with Crippen molar-refractivity contribution in [1.29, 1.82) is 0 Å². The van der Waals surface area contributed by atoms with Crippen molar-refractivity contribution in [3.05, 3.63) is 0 Å². The molecule has 5 N–H and O–H groups in total. The Morgan fingerprint density at radius 2 is 1.31 bits per heavy atom. The van der Waals surface area contributed by atoms with Gasteiger partial charge in [0.2, 0.25) is 0 Å². The molecule has 16 heavy (non-hydrogen) atoms. The van der Waals surface area contributed by atoms with Crippen LogP contribution in [0.15, 0.2) is 0 Å². The molecule has 0 rings (SSSR count). The number of carbonyl (C=O) groups is 1. The predicted octanol–water partition coefficient (Wildman–Crippen LogP) is 2.62. The van der Waals surface area contributed by atoms with Crippen molar-refractivity contribution in [1.82, 2.24) is 6.15 Å². The second-order valence-electron chi connectivity index (χ2n) is 2.38. The molecule has 0 aromatic carbocycles. The van der Waals surface area contributed by atoms with Crippen molar-refractivity contribution in [2.45, 2.75) is 24.2 Å². The molecule has 0 aromatic rings. The monoisotopic (exact) mass is 264 g/mol. The van der Waals surface area contributed by atoms with Gasteiger partial charge in [0.1, 0.15) is 0 Å². The molecular formula is C5H6F8NO2+. The molecule has 0 bridgehead atoms. The van der Waals surface area contributed by atoms with Crippen molar-refractivity contribution >= 4 is 5.97 Å². The number of carboxylic acids is 1. The van der Waals surface area contributed by atoms with Crippen LogP contribution in [0.4, 0.5) is 35.1 Å². The number of rotatable bonds is 4. The first-order chi connectivity index (χ1) is 6.39. The quantitative estimate of drug-likeness (QED) is 0.766. The lowest BCUT2D eigenvalue weighted by atomic mass is 10.1. The Kier molecular flexibility index (Phi) is 4.74. The molecule has 0 radical (unpaired) electrons. The van der Waals surface area contributed by atoms with Gasteiger partial charge in [0.25, 0.3) is 0 Å². The SMILES string of the molecule is O=C(O)C(F)(F)C(F)(F)C(F)(F)C(F)F.[NH4+]. The van der Waals surface area contributed by atoms with Gasteiger partial charge in [-0.15, -0.1) is 0 Å². The fourth-order valence-electron chi connectivity index (χ4n) is 0.481. The van der Waals surface area contributed by atoms with E-state index in [-0.39, 0.29) is 6.15 Å². The molecule has 0 fully saturated rings. The molecule has 11 heteroatoms. The first-order valence-electron chi connectivity index (χ1n) is 3.04. The molecular weight excluding hydrogens is 258 g/mol. The zero-order chi connectivity index (χ0) is 12.7. The van der Waals surface area contributed by atoms with Crippen LogP contribution in [0.25, 0.3) is 0 Å². The van der Waals surface area contributed by atoms with E-state index in [0.717, 1.165) is 0 Å². The topological polar surface area (TPSA) is 73.8 Å². The highest BCUT2D eigenvalue weighted by Crippen LogP contribution is 2.48. The summed E-state index contributed by atoms with van der Waals surface area (Å²) in [6, 6.07) is 0. The number of hydrogen-bond donors (Lipinski definition) is 2. The highest BCUT2D eigenvalue weighted by molar-refractivity contribution is 5.77. The lowest BCUT2D eigenvalue weighted by Gasteiger charge is -2.29. The maximum absolute atomic E-state index is 12.1. The molecule has 3 nitrogen and oxygen atoms in total. The largest absolute Gasteiger partial charge is 0.477 e. The summed E-state index contributed by atoms with van der Waals surface area (Å²) in [5.41, 5.74) is 0. The lowest BCUT2D eigenvalue weighted by Crippen LogP contribution is -2.60. The van der Waals surface area contributed by atoms with Gasteiger partial charge < -0.3 is 11.3 Å². The van der Waals surface area contributed by atoms with E-state index >= 15 is 0 Å². The molecule has 0 saturated heterocycles. The second-order valence-corrected chi connectivity index (χ2v) is 2.38. The van der Waals surface area contributed by atoms with Crippen LogP contribution in [0.5, 0.6) is 0 Å². The summed E-state index contributed by atoms with van der Waals surface area (Å²) in [5.74, 6) is -23.0. The number of carboxylic acid groups (broad SMARTS) is 1. The summed E-state index contributed by atoms with van der Waals surface area (Å²) in [6.07, 6.45) is -5.11. The van der Waals surface area contributed by atoms with E-state index < -0.39 is 30.2 Å². The molecule has 0 aliphatic rings. The molecule has 0 spiro atoms. The molecule has 0 aromatic heterocycles. The minimum absolute atomic E-state index is 0. The van der Waals surface area contributed by atoms with E-state index in [9.17, 15) is 39.9 Å². The minimum atomic E-state index is -6.68. The summed E-state index contributed by atoms with van der Waals surface area (Å²) >= 11 is 0. The van der Waals surface area contributed by atoms with Crippen LogP contribution in [0.1, 0.15) is 0 Å². The van der Waals surface area contributed by atoms with Crippen LogP contribution in [-0.2, 0) is 4.79 Å². The Hall–Kier alpha value is -1.13.